The molecule has 3 heterocycles. The number of fused-ring (bicyclic) bond motifs is 1. The largest absolute Gasteiger partial charge is 0.379 e. The Bertz CT molecular complexity index is 1120. The van der Waals surface area contributed by atoms with Gasteiger partial charge in [-0.1, -0.05) is 0 Å². The minimum absolute atomic E-state index is 0.0628. The Morgan fingerprint density at radius 2 is 2.00 bits per heavy atom. The second-order valence-corrected chi connectivity index (χ2v) is 9.49. The van der Waals surface area contributed by atoms with Crippen molar-refractivity contribution in [3.63, 3.8) is 0 Å². The molecule has 1 aliphatic heterocycles. The number of aryl methyl sites for hydroxylation is 2. The first-order chi connectivity index (χ1) is 15.5. The topological polar surface area (TPSA) is 60.6 Å². The summed E-state index contributed by atoms with van der Waals surface area (Å²) in [4.78, 5) is 20.4. The lowest BCUT2D eigenvalue weighted by molar-refractivity contribution is 0.0388. The van der Waals surface area contributed by atoms with Gasteiger partial charge in [0, 0.05) is 43.8 Å². The summed E-state index contributed by atoms with van der Waals surface area (Å²) in [5.74, 6) is 0. The van der Waals surface area contributed by atoms with Gasteiger partial charge in [0.05, 0.1) is 19.8 Å². The average molecular weight is 471 g/mol. The van der Waals surface area contributed by atoms with Gasteiger partial charge in [-0.2, -0.15) is 11.3 Å². The summed E-state index contributed by atoms with van der Waals surface area (Å²) in [7, 11) is 0. The molecule has 0 amide bonds. The molecule has 8 heteroatoms. The molecule has 0 atom stereocenters. The molecule has 1 aliphatic rings. The van der Waals surface area contributed by atoms with Crippen LogP contribution in [0.5, 0.6) is 0 Å². The zero-order valence-electron chi connectivity index (χ0n) is 18.6. The fourth-order valence-electron chi connectivity index (χ4n) is 3.91. The number of nitrogens with one attached hydrogen (secondary N) is 2. The molecule has 1 saturated heterocycles. The highest BCUT2D eigenvalue weighted by Gasteiger charge is 2.16. The number of benzene rings is 1. The van der Waals surface area contributed by atoms with Gasteiger partial charge in [-0.05, 0) is 83.2 Å². The molecule has 6 nitrogen and oxygen atoms in total. The van der Waals surface area contributed by atoms with Crippen molar-refractivity contribution < 1.29 is 4.74 Å². The van der Waals surface area contributed by atoms with Crippen LogP contribution in [0.15, 0.2) is 39.8 Å². The van der Waals surface area contributed by atoms with Gasteiger partial charge in [-0.25, -0.2) is 0 Å². The Morgan fingerprint density at radius 1 is 1.22 bits per heavy atom. The number of hydrogen-bond acceptors (Lipinski definition) is 5. The quantitative estimate of drug-likeness (QED) is 0.516. The van der Waals surface area contributed by atoms with E-state index < -0.39 is 0 Å². The van der Waals surface area contributed by atoms with Crippen LogP contribution < -0.4 is 10.9 Å². The number of hydrogen-bond donors (Lipinski definition) is 2. The van der Waals surface area contributed by atoms with Crippen LogP contribution in [0.1, 0.15) is 22.3 Å². The molecule has 1 fully saturated rings. The highest BCUT2D eigenvalue weighted by Crippen LogP contribution is 2.19. The number of ether oxygens (including phenoxy) is 1. The molecule has 0 spiro atoms. The Kier molecular flexibility index (Phi) is 7.57. The lowest BCUT2D eigenvalue weighted by Crippen LogP contribution is -2.45. The maximum Gasteiger partial charge on any atom is 0.253 e. The zero-order valence-corrected chi connectivity index (χ0v) is 20.3. The van der Waals surface area contributed by atoms with Gasteiger partial charge in [-0.3, -0.25) is 9.69 Å². The number of thiophene rings is 1. The molecule has 1 aromatic carbocycles. The van der Waals surface area contributed by atoms with Gasteiger partial charge in [0.15, 0.2) is 5.11 Å². The van der Waals surface area contributed by atoms with E-state index in [2.05, 4.69) is 56.8 Å². The molecule has 0 radical (unpaired) electrons. The Hall–Kier alpha value is -2.26. The van der Waals surface area contributed by atoms with Crippen molar-refractivity contribution in [2.24, 2.45) is 0 Å². The van der Waals surface area contributed by atoms with Gasteiger partial charge in [0.2, 0.25) is 0 Å². The zero-order chi connectivity index (χ0) is 22.5. The van der Waals surface area contributed by atoms with Crippen LogP contribution in [-0.2, 0) is 17.8 Å². The number of aromatic amines is 1. The third-order valence-electron chi connectivity index (χ3n) is 5.95. The van der Waals surface area contributed by atoms with Gasteiger partial charge < -0.3 is 19.9 Å². The first-order valence-corrected chi connectivity index (χ1v) is 12.3. The van der Waals surface area contributed by atoms with Gasteiger partial charge in [0.1, 0.15) is 0 Å². The fourth-order valence-corrected chi connectivity index (χ4v) is 4.80. The third-order valence-corrected chi connectivity index (χ3v) is 7.08. The summed E-state index contributed by atoms with van der Waals surface area (Å²) in [5.41, 5.74) is 5.10. The van der Waals surface area contributed by atoms with E-state index >= 15 is 0 Å². The van der Waals surface area contributed by atoms with E-state index in [1.165, 1.54) is 16.7 Å². The SMILES string of the molecule is Cc1cc2cc(CN(Cc3ccsc3)C(=S)NCCN3CCOCC3)c(=O)[nH]c2cc1C. The molecule has 0 unspecified atom stereocenters. The molecular weight excluding hydrogens is 440 g/mol. The van der Waals surface area contributed by atoms with E-state index in [-0.39, 0.29) is 5.56 Å². The first kappa shape index (κ1) is 22.9. The summed E-state index contributed by atoms with van der Waals surface area (Å²) < 4.78 is 5.42. The summed E-state index contributed by atoms with van der Waals surface area (Å²) in [6.07, 6.45) is 0. The normalized spacial score (nSPS) is 14.6. The van der Waals surface area contributed by atoms with Crippen LogP contribution in [-0.4, -0.2) is 59.3 Å². The summed E-state index contributed by atoms with van der Waals surface area (Å²) in [6.45, 7) is 10.5. The molecule has 3 aromatic rings. The summed E-state index contributed by atoms with van der Waals surface area (Å²) >= 11 is 7.42. The Labute approximate surface area is 198 Å². The predicted molar refractivity (Wildman–Crippen MR) is 135 cm³/mol. The summed E-state index contributed by atoms with van der Waals surface area (Å²) in [5, 5.41) is 9.31. The number of thiocarbonyl (C=S) groups is 1. The average Bonchev–Trinajstić information content (AvgIpc) is 3.29. The van der Waals surface area contributed by atoms with Crippen molar-refractivity contribution in [1.82, 2.24) is 20.1 Å². The van der Waals surface area contributed by atoms with Crippen molar-refractivity contribution in [2.45, 2.75) is 26.9 Å². The van der Waals surface area contributed by atoms with E-state index in [0.29, 0.717) is 23.8 Å². The number of morpholine rings is 1. The molecule has 2 aromatic heterocycles. The summed E-state index contributed by atoms with van der Waals surface area (Å²) in [6, 6.07) is 8.27. The number of pyridine rings is 1. The second-order valence-electron chi connectivity index (χ2n) is 8.32. The Morgan fingerprint density at radius 3 is 2.75 bits per heavy atom. The van der Waals surface area contributed by atoms with Gasteiger partial charge in [-0.15, -0.1) is 0 Å². The molecular formula is C24H30N4O2S2. The third kappa shape index (κ3) is 5.75. The second kappa shape index (κ2) is 10.6. The molecule has 32 heavy (non-hydrogen) atoms. The number of nitrogens with zero attached hydrogens (tertiary/aromatic N) is 2. The maximum atomic E-state index is 12.8. The van der Waals surface area contributed by atoms with Gasteiger partial charge >= 0.3 is 0 Å². The standard InChI is InChI=1S/C24H30N4O2S2/c1-17-11-20-13-21(23(29)26-22(20)12-18(17)2)15-28(14-19-3-10-32-16-19)24(31)25-4-5-27-6-8-30-9-7-27/h3,10-13,16H,4-9,14-15H2,1-2H3,(H,25,31)(H,26,29). The van der Waals surface area contributed by atoms with Crippen LogP contribution in [0.25, 0.3) is 10.9 Å². The van der Waals surface area contributed by atoms with Crippen LogP contribution in [0.3, 0.4) is 0 Å². The van der Waals surface area contributed by atoms with E-state index in [4.69, 9.17) is 17.0 Å². The van der Waals surface area contributed by atoms with Crippen molar-refractivity contribution in [2.75, 3.05) is 39.4 Å². The molecule has 0 saturated carbocycles. The van der Waals surface area contributed by atoms with E-state index in [9.17, 15) is 4.79 Å². The first-order valence-electron chi connectivity index (χ1n) is 11.0. The van der Waals surface area contributed by atoms with Crippen LogP contribution in [0.2, 0.25) is 0 Å². The van der Waals surface area contributed by atoms with Crippen LogP contribution in [0, 0.1) is 13.8 Å². The van der Waals surface area contributed by atoms with Gasteiger partial charge in [0.25, 0.3) is 5.56 Å². The molecule has 0 aliphatic carbocycles. The lowest BCUT2D eigenvalue weighted by Gasteiger charge is -2.29. The minimum atomic E-state index is -0.0628. The minimum Gasteiger partial charge on any atom is -0.379 e. The van der Waals surface area contributed by atoms with Crippen molar-refractivity contribution in [3.8, 4) is 0 Å². The fraction of sp³-hybridized carbons (Fsp3) is 0.417. The molecule has 2 N–H and O–H groups in total. The van der Waals surface area contributed by atoms with E-state index in [1.807, 2.05) is 12.1 Å². The number of aromatic nitrogens is 1. The Balaban J connectivity index is 1.49. The smallest absolute Gasteiger partial charge is 0.253 e. The van der Waals surface area contributed by atoms with Crippen molar-refractivity contribution >= 4 is 39.6 Å². The molecule has 4 rings (SSSR count). The monoisotopic (exact) mass is 470 g/mol. The van der Waals surface area contributed by atoms with Crippen molar-refractivity contribution in [1.29, 1.82) is 0 Å². The lowest BCUT2D eigenvalue weighted by atomic mass is 10.0. The number of rotatable bonds is 7. The van der Waals surface area contributed by atoms with Crippen LogP contribution >= 0.6 is 23.6 Å². The highest BCUT2D eigenvalue weighted by molar-refractivity contribution is 7.80. The van der Waals surface area contributed by atoms with Crippen molar-refractivity contribution in [3.05, 3.63) is 67.6 Å². The highest BCUT2D eigenvalue weighted by atomic mass is 32.1. The molecule has 0 bridgehead atoms. The predicted octanol–water partition coefficient (Wildman–Crippen LogP) is 3.42. The van der Waals surface area contributed by atoms with E-state index in [1.54, 1.807) is 11.3 Å². The maximum absolute atomic E-state index is 12.8. The number of H-pyrrole nitrogens is 1. The van der Waals surface area contributed by atoms with E-state index in [0.717, 1.165) is 50.3 Å². The molecule has 170 valence electrons. The van der Waals surface area contributed by atoms with Crippen LogP contribution in [0.4, 0.5) is 0 Å².